The fourth-order valence-electron chi connectivity index (χ4n) is 0.322. The van der Waals surface area contributed by atoms with E-state index in [2.05, 4.69) is 0 Å². The van der Waals surface area contributed by atoms with Crippen LogP contribution in [0.2, 0.25) is 0 Å². The molecule has 0 saturated heterocycles. The lowest BCUT2D eigenvalue weighted by Gasteiger charge is -2.10. The molecule has 0 amide bonds. The van der Waals surface area contributed by atoms with Gasteiger partial charge < -0.3 is 21.7 Å². The minimum Gasteiger partial charge on any atom is -0.481 e. The summed E-state index contributed by atoms with van der Waals surface area (Å²) in [5.41, 5.74) is 9.91. The van der Waals surface area contributed by atoms with Crippen molar-refractivity contribution in [1.82, 2.24) is 0 Å². The van der Waals surface area contributed by atoms with Gasteiger partial charge in [-0.05, 0) is 0 Å². The molecule has 0 aromatic heterocycles. The molecule has 0 aromatic carbocycles. The van der Waals surface area contributed by atoms with Gasteiger partial charge in [-0.1, -0.05) is 0 Å². The third-order valence-corrected chi connectivity index (χ3v) is 0.849. The molecule has 2 unspecified atom stereocenters. The Labute approximate surface area is 52.3 Å². The number of hydrogen-bond donors (Lipinski definition) is 4. The Morgan fingerprint density at radius 1 is 1.56 bits per heavy atom. The number of carboxylic acid groups (broad SMARTS) is 1. The minimum absolute atomic E-state index is 0.308. The Morgan fingerprint density at radius 3 is 2.11 bits per heavy atom. The van der Waals surface area contributed by atoms with E-state index in [-0.39, 0.29) is 6.42 Å². The van der Waals surface area contributed by atoms with Crippen LogP contribution in [-0.4, -0.2) is 28.5 Å². The molecule has 5 nitrogen and oxygen atoms in total. The molecule has 0 aliphatic rings. The van der Waals surface area contributed by atoms with Gasteiger partial charge in [0.1, 0.15) is 6.23 Å². The third-order valence-electron chi connectivity index (χ3n) is 0.849. The van der Waals surface area contributed by atoms with Crippen LogP contribution in [0.3, 0.4) is 0 Å². The lowest BCUT2D eigenvalue weighted by Crippen LogP contribution is -2.42. The highest BCUT2D eigenvalue weighted by molar-refractivity contribution is 5.67. The van der Waals surface area contributed by atoms with Crippen molar-refractivity contribution in [2.24, 2.45) is 11.5 Å². The van der Waals surface area contributed by atoms with Crippen LogP contribution < -0.4 is 11.5 Å². The summed E-state index contributed by atoms with van der Waals surface area (Å²) >= 11 is 0. The zero-order valence-electron chi connectivity index (χ0n) is 4.82. The van der Waals surface area contributed by atoms with E-state index in [1.165, 1.54) is 0 Å². The molecule has 5 heteroatoms. The second-order valence-electron chi connectivity index (χ2n) is 1.75. The summed E-state index contributed by atoms with van der Waals surface area (Å²) in [5, 5.41) is 16.5. The largest absolute Gasteiger partial charge is 0.481 e. The second-order valence-corrected chi connectivity index (χ2v) is 1.75. The standard InChI is InChI=1S/C4H10N2O3/c5-2(4(6)9)1-3(7)8/h2,4,9H,1,5-6H2,(H,7,8). The number of carboxylic acids is 1. The van der Waals surface area contributed by atoms with E-state index < -0.39 is 18.2 Å². The van der Waals surface area contributed by atoms with Gasteiger partial charge in [0.05, 0.1) is 12.5 Å². The van der Waals surface area contributed by atoms with Crippen LogP contribution in [0.4, 0.5) is 0 Å². The smallest absolute Gasteiger partial charge is 0.305 e. The molecule has 0 saturated carbocycles. The molecule has 0 fully saturated rings. The molecule has 0 spiro atoms. The predicted octanol–water partition coefficient (Wildman–Crippen LogP) is -1.93. The van der Waals surface area contributed by atoms with Crippen molar-refractivity contribution < 1.29 is 15.0 Å². The molecule has 0 rings (SSSR count). The van der Waals surface area contributed by atoms with Gasteiger partial charge in [-0.25, -0.2) is 0 Å². The molecule has 54 valence electrons. The Balaban J connectivity index is 3.50. The van der Waals surface area contributed by atoms with Crippen molar-refractivity contribution in [3.63, 3.8) is 0 Å². The van der Waals surface area contributed by atoms with Gasteiger partial charge in [0, 0.05) is 0 Å². The minimum atomic E-state index is -1.25. The Morgan fingerprint density at radius 2 is 2.00 bits per heavy atom. The Bertz CT molecular complexity index is 104. The number of aliphatic hydroxyl groups excluding tert-OH is 1. The first-order valence-electron chi connectivity index (χ1n) is 2.45. The summed E-state index contributed by atoms with van der Waals surface area (Å²) in [6.07, 6.45) is -1.56. The molecular formula is C4H10N2O3. The summed E-state index contributed by atoms with van der Waals surface area (Å²) < 4.78 is 0. The van der Waals surface area contributed by atoms with E-state index >= 15 is 0 Å². The quantitative estimate of drug-likeness (QED) is 0.336. The summed E-state index contributed by atoms with van der Waals surface area (Å²) in [4.78, 5) is 9.87. The molecule has 0 aromatic rings. The van der Waals surface area contributed by atoms with Crippen molar-refractivity contribution in [3.05, 3.63) is 0 Å². The number of aliphatic carboxylic acids is 1. The van der Waals surface area contributed by atoms with Gasteiger partial charge in [-0.15, -0.1) is 0 Å². The highest BCUT2D eigenvalue weighted by Crippen LogP contribution is 1.88. The predicted molar refractivity (Wildman–Crippen MR) is 30.4 cm³/mol. The molecule has 0 radical (unpaired) electrons. The highest BCUT2D eigenvalue weighted by atomic mass is 16.4. The Kier molecular flexibility index (Phi) is 3.15. The highest BCUT2D eigenvalue weighted by Gasteiger charge is 2.12. The van der Waals surface area contributed by atoms with Gasteiger partial charge in [-0.2, -0.15) is 0 Å². The third kappa shape index (κ3) is 3.89. The van der Waals surface area contributed by atoms with Crippen molar-refractivity contribution >= 4 is 5.97 Å². The SMILES string of the molecule is NC(O)C(N)CC(=O)O. The summed E-state index contributed by atoms with van der Waals surface area (Å²) in [6, 6.07) is -0.873. The lowest BCUT2D eigenvalue weighted by atomic mass is 10.2. The topological polar surface area (TPSA) is 110 Å². The number of rotatable bonds is 3. The van der Waals surface area contributed by atoms with Crippen LogP contribution in [-0.2, 0) is 4.79 Å². The van der Waals surface area contributed by atoms with E-state index in [0.29, 0.717) is 0 Å². The first kappa shape index (κ1) is 8.35. The molecule has 0 bridgehead atoms. The number of carbonyl (C=O) groups is 1. The number of aliphatic hydroxyl groups is 1. The summed E-state index contributed by atoms with van der Waals surface area (Å²) in [6.45, 7) is 0. The van der Waals surface area contributed by atoms with Crippen LogP contribution in [0.5, 0.6) is 0 Å². The molecule has 9 heavy (non-hydrogen) atoms. The molecule has 2 atom stereocenters. The first-order valence-corrected chi connectivity index (χ1v) is 2.45. The van der Waals surface area contributed by atoms with Crippen LogP contribution in [0.25, 0.3) is 0 Å². The maximum atomic E-state index is 9.87. The first-order chi connectivity index (χ1) is 4.04. The van der Waals surface area contributed by atoms with Crippen LogP contribution in [0, 0.1) is 0 Å². The van der Waals surface area contributed by atoms with E-state index in [0.717, 1.165) is 0 Å². The van der Waals surface area contributed by atoms with Crippen molar-refractivity contribution in [2.45, 2.75) is 18.7 Å². The normalized spacial score (nSPS) is 16.8. The fourth-order valence-corrected chi connectivity index (χ4v) is 0.322. The number of hydrogen-bond acceptors (Lipinski definition) is 4. The monoisotopic (exact) mass is 134 g/mol. The molecule has 6 N–H and O–H groups in total. The van der Waals surface area contributed by atoms with E-state index in [1.54, 1.807) is 0 Å². The van der Waals surface area contributed by atoms with Crippen molar-refractivity contribution in [2.75, 3.05) is 0 Å². The maximum Gasteiger partial charge on any atom is 0.305 e. The number of nitrogens with two attached hydrogens (primary N) is 2. The maximum absolute atomic E-state index is 9.87. The van der Waals surface area contributed by atoms with Gasteiger partial charge in [0.2, 0.25) is 0 Å². The van der Waals surface area contributed by atoms with Gasteiger partial charge in [0.25, 0.3) is 0 Å². The second kappa shape index (κ2) is 3.39. The Hall–Kier alpha value is -0.650. The van der Waals surface area contributed by atoms with Crippen molar-refractivity contribution in [3.8, 4) is 0 Å². The van der Waals surface area contributed by atoms with Gasteiger partial charge >= 0.3 is 5.97 Å². The van der Waals surface area contributed by atoms with Crippen LogP contribution >= 0.6 is 0 Å². The van der Waals surface area contributed by atoms with Crippen molar-refractivity contribution in [1.29, 1.82) is 0 Å². The zero-order valence-corrected chi connectivity index (χ0v) is 4.82. The molecule has 0 aliphatic carbocycles. The van der Waals surface area contributed by atoms with E-state index in [9.17, 15) is 4.79 Å². The van der Waals surface area contributed by atoms with Crippen LogP contribution in [0.15, 0.2) is 0 Å². The molecule has 0 aliphatic heterocycles. The molecule has 0 heterocycles. The van der Waals surface area contributed by atoms with Crippen LogP contribution in [0.1, 0.15) is 6.42 Å². The lowest BCUT2D eigenvalue weighted by molar-refractivity contribution is -0.138. The summed E-state index contributed by atoms with van der Waals surface area (Å²) in [7, 11) is 0. The fraction of sp³-hybridized carbons (Fsp3) is 0.750. The molecular weight excluding hydrogens is 124 g/mol. The van der Waals surface area contributed by atoms with Gasteiger partial charge in [-0.3, -0.25) is 4.79 Å². The average molecular weight is 134 g/mol. The van der Waals surface area contributed by atoms with E-state index in [1.807, 2.05) is 0 Å². The van der Waals surface area contributed by atoms with E-state index in [4.69, 9.17) is 21.7 Å². The zero-order chi connectivity index (χ0) is 7.44. The summed E-state index contributed by atoms with van der Waals surface area (Å²) in [5.74, 6) is -1.06. The average Bonchev–Trinajstić information content (AvgIpc) is 1.63. The van der Waals surface area contributed by atoms with Gasteiger partial charge in [0.15, 0.2) is 0 Å².